The van der Waals surface area contributed by atoms with Crippen molar-refractivity contribution in [1.82, 2.24) is 5.32 Å². The molecule has 0 spiro atoms. The molecule has 1 N–H and O–H groups in total. The van der Waals surface area contributed by atoms with Gasteiger partial charge < -0.3 is 5.32 Å². The molecule has 1 atom stereocenters. The molecule has 0 aliphatic heterocycles. The Balaban J connectivity index is 1.81. The zero-order valence-electron chi connectivity index (χ0n) is 9.76. The van der Waals surface area contributed by atoms with Gasteiger partial charge in [0.2, 0.25) is 0 Å². The summed E-state index contributed by atoms with van der Waals surface area (Å²) in [5.74, 6) is 0.762. The van der Waals surface area contributed by atoms with Gasteiger partial charge in [-0.25, -0.2) is 0 Å². The monoisotopic (exact) mass is 269 g/mol. The van der Waals surface area contributed by atoms with Crippen LogP contribution in [0.3, 0.4) is 0 Å². The van der Waals surface area contributed by atoms with E-state index in [1.165, 1.54) is 19.3 Å². The van der Waals surface area contributed by atoms with Crippen LogP contribution in [0.1, 0.15) is 24.8 Å². The Morgan fingerprint density at radius 1 is 1.24 bits per heavy atom. The van der Waals surface area contributed by atoms with Crippen molar-refractivity contribution in [3.8, 4) is 0 Å². The van der Waals surface area contributed by atoms with Crippen molar-refractivity contribution in [2.75, 3.05) is 6.54 Å². The molecule has 1 aliphatic rings. The van der Waals surface area contributed by atoms with Gasteiger partial charge >= 0.3 is 0 Å². The Bertz CT molecular complexity index is 401. The zero-order chi connectivity index (χ0) is 12.1. The lowest BCUT2D eigenvalue weighted by atomic mass is 9.94. The second-order valence-electron chi connectivity index (χ2n) is 4.49. The molecule has 0 radical (unpaired) electrons. The Kier molecular flexibility index (Phi) is 4.90. The number of benzene rings is 1. The highest BCUT2D eigenvalue weighted by Crippen LogP contribution is 2.25. The summed E-state index contributed by atoms with van der Waals surface area (Å²) >= 11 is 12.1. The third-order valence-corrected chi connectivity index (χ3v) is 4.02. The highest BCUT2D eigenvalue weighted by molar-refractivity contribution is 6.42. The van der Waals surface area contributed by atoms with Gasteiger partial charge in [-0.15, -0.1) is 0 Å². The first-order valence-corrected chi connectivity index (χ1v) is 6.81. The van der Waals surface area contributed by atoms with Gasteiger partial charge in [-0.05, 0) is 43.4 Å². The van der Waals surface area contributed by atoms with Crippen LogP contribution in [0.5, 0.6) is 0 Å². The third kappa shape index (κ3) is 3.74. The second kappa shape index (κ2) is 6.44. The van der Waals surface area contributed by atoms with Crippen molar-refractivity contribution < 1.29 is 0 Å². The third-order valence-electron chi connectivity index (χ3n) is 3.16. The molecule has 0 amide bonds. The van der Waals surface area contributed by atoms with E-state index in [2.05, 4.69) is 17.5 Å². The molecule has 1 nitrogen and oxygen atoms in total. The largest absolute Gasteiger partial charge is 0.312 e. The Morgan fingerprint density at radius 3 is 2.88 bits per heavy atom. The Labute approximate surface area is 113 Å². The van der Waals surface area contributed by atoms with Crippen molar-refractivity contribution >= 4 is 23.2 Å². The first-order valence-electron chi connectivity index (χ1n) is 6.06. The van der Waals surface area contributed by atoms with E-state index in [1.807, 2.05) is 18.2 Å². The standard InChI is InChI=1S/C14H17Cl2N/c15-13-8-4-7-12(14(13)16)10-17-9-11-5-2-1-3-6-11/h1-2,4,7-8,11,17H,3,5-6,9-10H2. The fourth-order valence-corrected chi connectivity index (χ4v) is 2.52. The topological polar surface area (TPSA) is 12.0 Å². The van der Waals surface area contributed by atoms with Crippen LogP contribution >= 0.6 is 23.2 Å². The van der Waals surface area contributed by atoms with E-state index >= 15 is 0 Å². The van der Waals surface area contributed by atoms with Gasteiger partial charge in [0.15, 0.2) is 0 Å². The average Bonchev–Trinajstić information content (AvgIpc) is 2.36. The van der Waals surface area contributed by atoms with Crippen molar-refractivity contribution in [3.05, 3.63) is 46.0 Å². The Hall–Kier alpha value is -0.500. The SMILES string of the molecule is Clc1cccc(CNCC2CC=CCC2)c1Cl. The summed E-state index contributed by atoms with van der Waals surface area (Å²) in [5, 5.41) is 4.77. The average molecular weight is 270 g/mol. The summed E-state index contributed by atoms with van der Waals surface area (Å²) in [6.07, 6.45) is 8.24. The number of hydrogen-bond acceptors (Lipinski definition) is 1. The molecule has 0 fully saturated rings. The van der Waals surface area contributed by atoms with E-state index in [-0.39, 0.29) is 0 Å². The molecule has 3 heteroatoms. The molecular weight excluding hydrogens is 253 g/mol. The highest BCUT2D eigenvalue weighted by atomic mass is 35.5. The normalized spacial score (nSPS) is 19.5. The van der Waals surface area contributed by atoms with Crippen LogP contribution in [0.4, 0.5) is 0 Å². The van der Waals surface area contributed by atoms with Crippen LogP contribution in [-0.4, -0.2) is 6.54 Å². The van der Waals surface area contributed by atoms with Gasteiger partial charge in [0.05, 0.1) is 10.0 Å². The van der Waals surface area contributed by atoms with Gasteiger partial charge in [0.25, 0.3) is 0 Å². The first kappa shape index (κ1) is 12.9. The summed E-state index contributed by atoms with van der Waals surface area (Å²) in [5.41, 5.74) is 1.07. The predicted octanol–water partition coefficient (Wildman–Crippen LogP) is 4.44. The lowest BCUT2D eigenvalue weighted by molar-refractivity contribution is 0.440. The first-order chi connectivity index (χ1) is 8.27. The van der Waals surface area contributed by atoms with Crippen molar-refractivity contribution in [2.45, 2.75) is 25.8 Å². The van der Waals surface area contributed by atoms with Gasteiger partial charge in [-0.1, -0.05) is 47.5 Å². The summed E-state index contributed by atoms with van der Waals surface area (Å²) in [6.45, 7) is 1.84. The molecule has 1 unspecified atom stereocenters. The van der Waals surface area contributed by atoms with Crippen LogP contribution in [0.25, 0.3) is 0 Å². The van der Waals surface area contributed by atoms with E-state index in [1.54, 1.807) is 0 Å². The number of halogens is 2. The molecule has 0 saturated carbocycles. The molecule has 92 valence electrons. The van der Waals surface area contributed by atoms with E-state index in [0.29, 0.717) is 10.0 Å². The number of rotatable bonds is 4. The molecule has 2 rings (SSSR count). The minimum absolute atomic E-state index is 0.631. The van der Waals surface area contributed by atoms with Crippen LogP contribution in [0.2, 0.25) is 10.0 Å². The van der Waals surface area contributed by atoms with Crippen LogP contribution < -0.4 is 5.32 Å². The van der Waals surface area contributed by atoms with E-state index < -0.39 is 0 Å². The van der Waals surface area contributed by atoms with Crippen molar-refractivity contribution in [2.24, 2.45) is 5.92 Å². The molecule has 17 heavy (non-hydrogen) atoms. The molecule has 0 saturated heterocycles. The molecular formula is C14H17Cl2N. The van der Waals surface area contributed by atoms with Crippen LogP contribution in [-0.2, 0) is 6.54 Å². The van der Waals surface area contributed by atoms with Crippen molar-refractivity contribution in [1.29, 1.82) is 0 Å². The summed E-state index contributed by atoms with van der Waals surface area (Å²) in [7, 11) is 0. The van der Waals surface area contributed by atoms with Gasteiger partial charge in [0.1, 0.15) is 0 Å². The highest BCUT2D eigenvalue weighted by Gasteiger charge is 2.09. The molecule has 0 bridgehead atoms. The summed E-state index contributed by atoms with van der Waals surface area (Å²) in [4.78, 5) is 0. The predicted molar refractivity (Wildman–Crippen MR) is 74.6 cm³/mol. The minimum Gasteiger partial charge on any atom is -0.312 e. The van der Waals surface area contributed by atoms with Gasteiger partial charge in [-0.3, -0.25) is 0 Å². The van der Waals surface area contributed by atoms with Crippen molar-refractivity contribution in [3.63, 3.8) is 0 Å². The molecule has 1 aromatic rings. The van der Waals surface area contributed by atoms with Gasteiger partial charge in [0, 0.05) is 6.54 Å². The maximum absolute atomic E-state index is 6.13. The number of allylic oxidation sites excluding steroid dienone is 2. The maximum Gasteiger partial charge on any atom is 0.0637 e. The fourth-order valence-electron chi connectivity index (χ4n) is 2.14. The van der Waals surface area contributed by atoms with E-state index in [9.17, 15) is 0 Å². The fraction of sp³-hybridized carbons (Fsp3) is 0.429. The summed E-state index contributed by atoms with van der Waals surface area (Å²) in [6, 6.07) is 5.77. The minimum atomic E-state index is 0.631. The van der Waals surface area contributed by atoms with E-state index in [0.717, 1.165) is 24.6 Å². The Morgan fingerprint density at radius 2 is 2.12 bits per heavy atom. The molecule has 1 aliphatic carbocycles. The second-order valence-corrected chi connectivity index (χ2v) is 5.28. The van der Waals surface area contributed by atoms with E-state index in [4.69, 9.17) is 23.2 Å². The molecule has 1 aromatic carbocycles. The zero-order valence-corrected chi connectivity index (χ0v) is 11.3. The van der Waals surface area contributed by atoms with Gasteiger partial charge in [-0.2, -0.15) is 0 Å². The van der Waals surface area contributed by atoms with Crippen LogP contribution in [0, 0.1) is 5.92 Å². The summed E-state index contributed by atoms with van der Waals surface area (Å²) < 4.78 is 0. The smallest absolute Gasteiger partial charge is 0.0637 e. The number of nitrogens with one attached hydrogen (secondary N) is 1. The lowest BCUT2D eigenvalue weighted by Crippen LogP contribution is -2.23. The number of hydrogen-bond donors (Lipinski definition) is 1. The maximum atomic E-state index is 6.13. The molecule has 0 aromatic heterocycles. The molecule has 0 heterocycles. The van der Waals surface area contributed by atoms with Crippen LogP contribution in [0.15, 0.2) is 30.4 Å². The lowest BCUT2D eigenvalue weighted by Gasteiger charge is -2.18. The quantitative estimate of drug-likeness (QED) is 0.797.